The van der Waals surface area contributed by atoms with Crippen LogP contribution in [0.15, 0.2) is 16.5 Å². The zero-order valence-electron chi connectivity index (χ0n) is 10.9. The van der Waals surface area contributed by atoms with Crippen LogP contribution >= 0.6 is 0 Å². The lowest BCUT2D eigenvalue weighted by Gasteiger charge is -2.21. The van der Waals surface area contributed by atoms with Crippen LogP contribution in [-0.2, 0) is 9.47 Å². The molecular weight excluding hydrogens is 218 g/mol. The van der Waals surface area contributed by atoms with Gasteiger partial charge in [-0.25, -0.2) is 0 Å². The smallest absolute Gasteiger partial charge is 0.134 e. The summed E-state index contributed by atoms with van der Waals surface area (Å²) in [7, 11) is 1.69. The molecule has 0 aliphatic heterocycles. The first-order chi connectivity index (χ1) is 8.19. The second-order valence-corrected chi connectivity index (χ2v) is 4.16. The molecule has 4 heteroatoms. The van der Waals surface area contributed by atoms with E-state index in [9.17, 15) is 0 Å². The molecule has 4 nitrogen and oxygen atoms in total. The van der Waals surface area contributed by atoms with Gasteiger partial charge < -0.3 is 19.6 Å². The lowest BCUT2D eigenvalue weighted by Crippen LogP contribution is -2.29. The van der Waals surface area contributed by atoms with Gasteiger partial charge in [0.1, 0.15) is 17.6 Å². The Kier molecular flexibility index (Phi) is 6.26. The summed E-state index contributed by atoms with van der Waals surface area (Å²) >= 11 is 0. The lowest BCUT2D eigenvalue weighted by atomic mass is 10.1. The summed E-state index contributed by atoms with van der Waals surface area (Å²) in [5, 5.41) is 0. The zero-order valence-corrected chi connectivity index (χ0v) is 10.9. The number of nitrogens with two attached hydrogens (primary N) is 1. The molecule has 0 fully saturated rings. The quantitative estimate of drug-likeness (QED) is 0.710. The van der Waals surface area contributed by atoms with E-state index in [-0.39, 0.29) is 12.1 Å². The van der Waals surface area contributed by atoms with Crippen LogP contribution in [0.4, 0.5) is 0 Å². The van der Waals surface area contributed by atoms with E-state index in [2.05, 4.69) is 0 Å². The summed E-state index contributed by atoms with van der Waals surface area (Å²) in [6, 6.07) is 3.83. The average Bonchev–Trinajstić information content (AvgIpc) is 2.75. The SMILES string of the molecule is CCC(N)C(OCCCOC)c1ccc(C)o1. The van der Waals surface area contributed by atoms with Crippen LogP contribution in [0.2, 0.25) is 0 Å². The van der Waals surface area contributed by atoms with E-state index in [0.717, 1.165) is 24.4 Å². The minimum Gasteiger partial charge on any atom is -0.464 e. The van der Waals surface area contributed by atoms with Crippen LogP contribution in [0.5, 0.6) is 0 Å². The van der Waals surface area contributed by atoms with Crippen molar-refractivity contribution in [3.8, 4) is 0 Å². The maximum atomic E-state index is 6.06. The molecule has 0 saturated heterocycles. The Morgan fingerprint density at radius 3 is 2.65 bits per heavy atom. The highest BCUT2D eigenvalue weighted by Gasteiger charge is 2.22. The van der Waals surface area contributed by atoms with Crippen molar-refractivity contribution in [3.05, 3.63) is 23.7 Å². The van der Waals surface area contributed by atoms with Gasteiger partial charge in [-0.05, 0) is 31.9 Å². The molecular formula is C13H23NO3. The summed E-state index contributed by atoms with van der Waals surface area (Å²) < 4.78 is 16.4. The molecule has 0 aliphatic carbocycles. The molecule has 0 saturated carbocycles. The highest BCUT2D eigenvalue weighted by molar-refractivity contribution is 5.10. The van der Waals surface area contributed by atoms with Crippen molar-refractivity contribution >= 4 is 0 Å². The van der Waals surface area contributed by atoms with Crippen LogP contribution in [0.25, 0.3) is 0 Å². The molecule has 0 bridgehead atoms. The van der Waals surface area contributed by atoms with E-state index in [1.165, 1.54) is 0 Å². The first-order valence-corrected chi connectivity index (χ1v) is 6.11. The summed E-state index contributed by atoms with van der Waals surface area (Å²) in [5.41, 5.74) is 6.06. The van der Waals surface area contributed by atoms with Crippen molar-refractivity contribution in [1.29, 1.82) is 0 Å². The summed E-state index contributed by atoms with van der Waals surface area (Å²) in [6.07, 6.45) is 1.56. The zero-order chi connectivity index (χ0) is 12.7. The Morgan fingerprint density at radius 1 is 1.35 bits per heavy atom. The molecule has 0 aliphatic rings. The van der Waals surface area contributed by atoms with Crippen molar-refractivity contribution in [2.45, 2.75) is 38.8 Å². The number of methoxy groups -OCH3 is 1. The largest absolute Gasteiger partial charge is 0.464 e. The number of rotatable bonds is 8. The Balaban J connectivity index is 2.55. The molecule has 0 spiro atoms. The third-order valence-electron chi connectivity index (χ3n) is 2.69. The summed E-state index contributed by atoms with van der Waals surface area (Å²) in [6.45, 7) is 5.30. The molecule has 2 N–H and O–H groups in total. The van der Waals surface area contributed by atoms with Gasteiger partial charge in [0.15, 0.2) is 0 Å². The van der Waals surface area contributed by atoms with Crippen LogP contribution in [0.1, 0.15) is 37.4 Å². The standard InChI is InChI=1S/C13H23NO3/c1-4-11(14)13(16-9-5-8-15-3)12-7-6-10(2)17-12/h6-7,11,13H,4-5,8-9,14H2,1-3H3. The summed E-state index contributed by atoms with van der Waals surface area (Å²) in [5.74, 6) is 1.70. The van der Waals surface area contributed by atoms with Gasteiger partial charge in [0.05, 0.1) is 0 Å². The predicted octanol–water partition coefficient (Wildman–Crippen LogP) is 2.42. The lowest BCUT2D eigenvalue weighted by molar-refractivity contribution is 0.00917. The van der Waals surface area contributed by atoms with Gasteiger partial charge in [0, 0.05) is 26.4 Å². The van der Waals surface area contributed by atoms with Gasteiger partial charge in [0.25, 0.3) is 0 Å². The molecule has 2 atom stereocenters. The van der Waals surface area contributed by atoms with Crippen molar-refractivity contribution in [3.63, 3.8) is 0 Å². The first-order valence-electron chi connectivity index (χ1n) is 6.11. The average molecular weight is 241 g/mol. The second-order valence-electron chi connectivity index (χ2n) is 4.16. The number of aryl methyl sites for hydroxylation is 1. The van der Waals surface area contributed by atoms with Crippen molar-refractivity contribution in [2.24, 2.45) is 5.73 Å². The molecule has 1 rings (SSSR count). The van der Waals surface area contributed by atoms with Crippen LogP contribution < -0.4 is 5.73 Å². The highest BCUT2D eigenvalue weighted by atomic mass is 16.5. The maximum absolute atomic E-state index is 6.06. The van der Waals surface area contributed by atoms with Gasteiger partial charge in [0.2, 0.25) is 0 Å². The number of furan rings is 1. The van der Waals surface area contributed by atoms with Crippen molar-refractivity contribution < 1.29 is 13.9 Å². The molecule has 0 amide bonds. The van der Waals surface area contributed by atoms with Gasteiger partial charge in [-0.1, -0.05) is 6.92 Å². The van der Waals surface area contributed by atoms with Gasteiger partial charge >= 0.3 is 0 Å². The third kappa shape index (κ3) is 4.50. The normalized spacial score (nSPS) is 14.8. The fourth-order valence-electron chi connectivity index (χ4n) is 1.65. The molecule has 2 unspecified atom stereocenters. The van der Waals surface area contributed by atoms with Crippen LogP contribution in [-0.4, -0.2) is 26.4 Å². The highest BCUT2D eigenvalue weighted by Crippen LogP contribution is 2.24. The molecule has 1 aromatic rings. The Bertz CT molecular complexity index is 311. The molecule has 17 heavy (non-hydrogen) atoms. The minimum absolute atomic E-state index is 0.0388. The third-order valence-corrected chi connectivity index (χ3v) is 2.69. The topological polar surface area (TPSA) is 57.6 Å². The molecule has 1 aromatic heterocycles. The monoisotopic (exact) mass is 241 g/mol. The van der Waals surface area contributed by atoms with E-state index in [1.54, 1.807) is 7.11 Å². The van der Waals surface area contributed by atoms with Crippen molar-refractivity contribution in [2.75, 3.05) is 20.3 Å². The Morgan fingerprint density at radius 2 is 2.12 bits per heavy atom. The van der Waals surface area contributed by atoms with E-state index in [0.29, 0.717) is 13.2 Å². The van der Waals surface area contributed by atoms with Crippen LogP contribution in [0.3, 0.4) is 0 Å². The minimum atomic E-state index is -0.162. The predicted molar refractivity (Wildman–Crippen MR) is 66.9 cm³/mol. The fraction of sp³-hybridized carbons (Fsp3) is 0.692. The molecule has 98 valence electrons. The van der Waals surface area contributed by atoms with E-state index < -0.39 is 0 Å². The molecule has 1 heterocycles. The number of hydrogen-bond donors (Lipinski definition) is 1. The fourth-order valence-corrected chi connectivity index (χ4v) is 1.65. The van der Waals surface area contributed by atoms with E-state index in [1.807, 2.05) is 26.0 Å². The summed E-state index contributed by atoms with van der Waals surface area (Å²) in [4.78, 5) is 0. The Hall–Kier alpha value is -0.840. The van der Waals surface area contributed by atoms with Gasteiger partial charge in [-0.3, -0.25) is 0 Å². The van der Waals surface area contributed by atoms with Crippen LogP contribution in [0, 0.1) is 6.92 Å². The van der Waals surface area contributed by atoms with Gasteiger partial charge in [-0.2, -0.15) is 0 Å². The number of hydrogen-bond acceptors (Lipinski definition) is 4. The molecule has 0 radical (unpaired) electrons. The second kappa shape index (κ2) is 7.48. The van der Waals surface area contributed by atoms with Crippen molar-refractivity contribution in [1.82, 2.24) is 0 Å². The van der Waals surface area contributed by atoms with E-state index >= 15 is 0 Å². The van der Waals surface area contributed by atoms with E-state index in [4.69, 9.17) is 19.6 Å². The maximum Gasteiger partial charge on any atom is 0.134 e. The number of ether oxygens (including phenoxy) is 2. The first kappa shape index (κ1) is 14.2. The molecule has 0 aromatic carbocycles. The van der Waals surface area contributed by atoms with Gasteiger partial charge in [-0.15, -0.1) is 0 Å². The Labute approximate surface area is 103 Å².